The van der Waals surface area contributed by atoms with Gasteiger partial charge in [-0.1, -0.05) is 41.9 Å². The molecule has 3 aromatic rings. The van der Waals surface area contributed by atoms with Crippen molar-refractivity contribution in [3.05, 3.63) is 76.3 Å². The lowest BCUT2D eigenvalue weighted by molar-refractivity contribution is -0.113. The Labute approximate surface area is 189 Å². The first-order chi connectivity index (χ1) is 15.2. The Balaban J connectivity index is 1.51. The molecule has 0 spiro atoms. The molecular weight excluding hydrogens is 432 g/mol. The number of carbonyl (C=O) groups excluding carboxylic acids is 1. The van der Waals surface area contributed by atoms with E-state index in [1.54, 1.807) is 0 Å². The maximum atomic E-state index is 12.6. The van der Waals surface area contributed by atoms with Crippen molar-refractivity contribution in [1.29, 1.82) is 0 Å². The molecule has 5 rings (SSSR count). The number of carbonyl (C=O) groups is 1. The van der Waals surface area contributed by atoms with Crippen LogP contribution in [-0.4, -0.2) is 52.1 Å². The van der Waals surface area contributed by atoms with Crippen LogP contribution in [0.25, 0.3) is 23.0 Å². The van der Waals surface area contributed by atoms with Crippen molar-refractivity contribution in [2.75, 3.05) is 26.3 Å². The van der Waals surface area contributed by atoms with Gasteiger partial charge in [-0.3, -0.25) is 4.79 Å². The molecule has 0 atom stereocenters. The lowest BCUT2D eigenvalue weighted by atomic mass is 10.1. The van der Waals surface area contributed by atoms with Crippen molar-refractivity contribution in [2.45, 2.75) is 0 Å². The molecule has 0 radical (unpaired) electrons. The molecule has 6 nitrogen and oxygen atoms in total. The SMILES string of the molecule is O=C1N=C(N2CCOCC2)S/C1=C/c1cn(-c2ccccc2)nc1-c1ccc(Cl)cc1. The Morgan fingerprint density at radius 1 is 1.03 bits per heavy atom. The fourth-order valence-electron chi connectivity index (χ4n) is 3.47. The summed E-state index contributed by atoms with van der Waals surface area (Å²) in [5.74, 6) is -0.221. The summed E-state index contributed by atoms with van der Waals surface area (Å²) in [6.45, 7) is 2.79. The molecule has 3 heterocycles. The lowest BCUT2D eigenvalue weighted by Crippen LogP contribution is -2.38. The van der Waals surface area contributed by atoms with Crippen LogP contribution in [0.15, 0.2) is 70.7 Å². The summed E-state index contributed by atoms with van der Waals surface area (Å²) >= 11 is 7.48. The molecule has 0 N–H and O–H groups in total. The van der Waals surface area contributed by atoms with Gasteiger partial charge in [-0.25, -0.2) is 4.68 Å². The minimum atomic E-state index is -0.221. The molecule has 1 fully saturated rings. The van der Waals surface area contributed by atoms with Gasteiger partial charge in [0.05, 0.1) is 29.5 Å². The third-order valence-corrected chi connectivity index (χ3v) is 6.35. The van der Waals surface area contributed by atoms with Crippen molar-refractivity contribution < 1.29 is 9.53 Å². The molecule has 0 bridgehead atoms. The van der Waals surface area contributed by atoms with Crippen LogP contribution in [-0.2, 0) is 9.53 Å². The molecule has 2 aliphatic rings. The Bertz CT molecular complexity index is 1170. The van der Waals surface area contributed by atoms with Crippen molar-refractivity contribution in [1.82, 2.24) is 14.7 Å². The fourth-order valence-corrected chi connectivity index (χ4v) is 4.55. The molecule has 0 unspecified atom stereocenters. The summed E-state index contributed by atoms with van der Waals surface area (Å²) in [6.07, 6.45) is 3.81. The second-order valence-corrected chi connectivity index (χ2v) is 8.58. The minimum absolute atomic E-state index is 0.221. The second-order valence-electron chi connectivity index (χ2n) is 7.13. The Hall–Kier alpha value is -2.87. The minimum Gasteiger partial charge on any atom is -0.378 e. The molecule has 156 valence electrons. The van der Waals surface area contributed by atoms with Gasteiger partial charge < -0.3 is 9.64 Å². The molecule has 0 aliphatic carbocycles. The van der Waals surface area contributed by atoms with Gasteiger partial charge in [0.15, 0.2) is 5.17 Å². The Kier molecular flexibility index (Phi) is 5.63. The molecule has 31 heavy (non-hydrogen) atoms. The zero-order valence-electron chi connectivity index (χ0n) is 16.6. The lowest BCUT2D eigenvalue weighted by Gasteiger charge is -2.27. The van der Waals surface area contributed by atoms with E-state index in [1.807, 2.05) is 71.6 Å². The first-order valence-electron chi connectivity index (χ1n) is 9.94. The third-order valence-electron chi connectivity index (χ3n) is 5.06. The van der Waals surface area contributed by atoms with Gasteiger partial charge in [0, 0.05) is 35.4 Å². The van der Waals surface area contributed by atoms with E-state index in [-0.39, 0.29) is 5.91 Å². The maximum Gasteiger partial charge on any atom is 0.286 e. The first-order valence-corrected chi connectivity index (χ1v) is 11.1. The number of halogens is 1. The number of hydrogen-bond donors (Lipinski definition) is 0. The normalized spacial score (nSPS) is 18.0. The highest BCUT2D eigenvalue weighted by Crippen LogP contribution is 2.33. The first kappa shape index (κ1) is 20.1. The number of benzene rings is 2. The highest BCUT2D eigenvalue weighted by Gasteiger charge is 2.27. The zero-order chi connectivity index (χ0) is 21.2. The van der Waals surface area contributed by atoms with Crippen LogP contribution < -0.4 is 0 Å². The van der Waals surface area contributed by atoms with E-state index in [0.717, 1.165) is 40.8 Å². The fraction of sp³-hybridized carbons (Fsp3) is 0.174. The number of amides is 1. The van der Waals surface area contributed by atoms with E-state index in [4.69, 9.17) is 21.4 Å². The van der Waals surface area contributed by atoms with Crippen LogP contribution in [0, 0.1) is 0 Å². The van der Waals surface area contributed by atoms with Gasteiger partial charge in [-0.15, -0.1) is 0 Å². The number of aliphatic imine (C=N–C) groups is 1. The summed E-state index contributed by atoms with van der Waals surface area (Å²) in [5, 5.41) is 6.20. The number of aromatic nitrogens is 2. The maximum absolute atomic E-state index is 12.6. The van der Waals surface area contributed by atoms with Crippen LogP contribution in [0.2, 0.25) is 5.02 Å². The summed E-state index contributed by atoms with van der Waals surface area (Å²) in [6, 6.07) is 17.4. The molecule has 0 saturated carbocycles. The van der Waals surface area contributed by atoms with Gasteiger partial charge in [0.2, 0.25) is 0 Å². The number of ether oxygens (including phenoxy) is 1. The number of hydrogen-bond acceptors (Lipinski definition) is 5. The van der Waals surface area contributed by atoms with Crippen molar-refractivity contribution in [3.8, 4) is 16.9 Å². The molecule has 1 amide bonds. The highest BCUT2D eigenvalue weighted by molar-refractivity contribution is 8.18. The molecule has 1 aromatic heterocycles. The van der Waals surface area contributed by atoms with Crippen LogP contribution in [0.1, 0.15) is 5.56 Å². The average molecular weight is 451 g/mol. The Morgan fingerprint density at radius 2 is 1.77 bits per heavy atom. The topological polar surface area (TPSA) is 59.7 Å². The summed E-state index contributed by atoms with van der Waals surface area (Å²) in [4.78, 5) is 19.6. The number of para-hydroxylation sites is 1. The standard InChI is InChI=1S/C23H19ClN4O2S/c24-18-8-6-16(7-9-18)21-17(15-28(26-21)19-4-2-1-3-5-19)14-20-22(29)25-23(31-20)27-10-12-30-13-11-27/h1-9,14-15H,10-13H2/b20-14+. The van der Waals surface area contributed by atoms with Crippen molar-refractivity contribution >= 4 is 40.5 Å². The number of nitrogens with zero attached hydrogens (tertiary/aromatic N) is 4. The molecule has 1 saturated heterocycles. The van der Waals surface area contributed by atoms with Crippen LogP contribution in [0.3, 0.4) is 0 Å². The van der Waals surface area contributed by atoms with Gasteiger partial charge in [0.25, 0.3) is 5.91 Å². The van der Waals surface area contributed by atoms with Crippen LogP contribution in [0.4, 0.5) is 0 Å². The van der Waals surface area contributed by atoms with E-state index in [2.05, 4.69) is 9.89 Å². The monoisotopic (exact) mass is 450 g/mol. The molecule has 2 aromatic carbocycles. The molecular formula is C23H19ClN4O2S. The predicted molar refractivity (Wildman–Crippen MR) is 124 cm³/mol. The van der Waals surface area contributed by atoms with E-state index in [9.17, 15) is 4.79 Å². The zero-order valence-corrected chi connectivity index (χ0v) is 18.1. The van der Waals surface area contributed by atoms with Gasteiger partial charge in [-0.2, -0.15) is 10.1 Å². The van der Waals surface area contributed by atoms with Gasteiger partial charge in [-0.05, 0) is 42.1 Å². The van der Waals surface area contributed by atoms with Gasteiger partial charge in [0.1, 0.15) is 0 Å². The summed E-state index contributed by atoms with van der Waals surface area (Å²) in [7, 11) is 0. The van der Waals surface area contributed by atoms with Crippen LogP contribution in [0.5, 0.6) is 0 Å². The Morgan fingerprint density at radius 3 is 2.52 bits per heavy atom. The summed E-state index contributed by atoms with van der Waals surface area (Å²) in [5.41, 5.74) is 3.50. The predicted octanol–water partition coefficient (Wildman–Crippen LogP) is 4.50. The average Bonchev–Trinajstić information content (AvgIpc) is 3.40. The van der Waals surface area contributed by atoms with Gasteiger partial charge >= 0.3 is 0 Å². The van der Waals surface area contributed by atoms with Crippen molar-refractivity contribution in [3.63, 3.8) is 0 Å². The van der Waals surface area contributed by atoms with Crippen molar-refractivity contribution in [2.24, 2.45) is 4.99 Å². The second kappa shape index (κ2) is 8.70. The number of thioether (sulfide) groups is 1. The van der Waals surface area contributed by atoms with E-state index >= 15 is 0 Å². The highest BCUT2D eigenvalue weighted by atomic mass is 35.5. The number of morpholine rings is 1. The van der Waals surface area contributed by atoms with E-state index < -0.39 is 0 Å². The smallest absolute Gasteiger partial charge is 0.286 e. The third kappa shape index (κ3) is 4.30. The molecule has 2 aliphatic heterocycles. The number of rotatable bonds is 3. The summed E-state index contributed by atoms with van der Waals surface area (Å²) < 4.78 is 7.22. The van der Waals surface area contributed by atoms with E-state index in [1.165, 1.54) is 11.8 Å². The van der Waals surface area contributed by atoms with E-state index in [0.29, 0.717) is 23.1 Å². The largest absolute Gasteiger partial charge is 0.378 e. The molecule has 8 heteroatoms. The van der Waals surface area contributed by atoms with Crippen LogP contribution >= 0.6 is 23.4 Å². The quantitative estimate of drug-likeness (QED) is 0.550. The number of amidine groups is 1.